The van der Waals surface area contributed by atoms with Crippen LogP contribution in [0.3, 0.4) is 0 Å². The third kappa shape index (κ3) is 24.6. The predicted octanol–water partition coefficient (Wildman–Crippen LogP) is -2.83. The van der Waals surface area contributed by atoms with Crippen molar-refractivity contribution in [3.63, 3.8) is 0 Å². The van der Waals surface area contributed by atoms with Crippen LogP contribution in [0, 0.1) is 0 Å². The molecule has 0 saturated carbocycles. The molecule has 0 aromatic carbocycles. The van der Waals surface area contributed by atoms with E-state index in [9.17, 15) is 4.57 Å². The van der Waals surface area contributed by atoms with Crippen molar-refractivity contribution in [1.82, 2.24) is 0 Å². The number of hydrogen-bond acceptors (Lipinski definition) is 2. The van der Waals surface area contributed by atoms with Crippen LogP contribution in [-0.4, -0.2) is 175 Å². The molecule has 0 aromatic heterocycles. The molecule has 9 heavy (non-hydrogen) atoms. The van der Waals surface area contributed by atoms with E-state index < -0.39 is 13.9 Å². The Morgan fingerprint density at radius 1 is 1.11 bits per heavy atom. The van der Waals surface area contributed by atoms with Gasteiger partial charge in [0.15, 0.2) is 0 Å². The maximum absolute atomic E-state index is 9.44. The van der Waals surface area contributed by atoms with Gasteiger partial charge in [0.25, 0.3) is 0 Å². The van der Waals surface area contributed by atoms with Gasteiger partial charge in [0, 0.05) is 0 Å². The Bertz CT molecular complexity index is 79.9. The molecular weight excluding hydrogens is 224 g/mol. The van der Waals surface area contributed by atoms with Gasteiger partial charge in [-0.1, -0.05) is 0 Å². The summed E-state index contributed by atoms with van der Waals surface area (Å²) < 4.78 is 9.44. The summed E-state index contributed by atoms with van der Waals surface area (Å²) in [7, 11) is -4.09. The molecular formula is CH8K3O4P. The summed E-state index contributed by atoms with van der Waals surface area (Å²) in [6, 6.07) is 0. The summed E-state index contributed by atoms with van der Waals surface area (Å²) in [5.41, 5.74) is 0. The van der Waals surface area contributed by atoms with Crippen LogP contribution < -0.4 is 0 Å². The zero-order valence-corrected chi connectivity index (χ0v) is 3.80. The Labute approximate surface area is 181 Å². The van der Waals surface area contributed by atoms with Crippen LogP contribution in [-0.2, 0) is 4.57 Å². The van der Waals surface area contributed by atoms with E-state index >= 15 is 0 Å². The van der Waals surface area contributed by atoms with Gasteiger partial charge in [0.2, 0.25) is 0 Å². The molecule has 3 N–H and O–H groups in total. The minimum atomic E-state index is -4.09. The van der Waals surface area contributed by atoms with Crippen molar-refractivity contribution in [3.8, 4) is 0 Å². The first kappa shape index (κ1) is 23.7. The molecule has 0 fully saturated rings. The van der Waals surface area contributed by atoms with Gasteiger partial charge in [-0.05, 0) is 0 Å². The van der Waals surface area contributed by atoms with Crippen molar-refractivity contribution in [2.45, 2.75) is 0 Å². The molecule has 0 aliphatic heterocycles. The molecule has 0 spiro atoms. The molecule has 0 bridgehead atoms. The molecule has 0 amide bonds. The number of aliphatic hydroxyl groups is 1. The SMILES string of the molecule is O=P(O)(O)CO.[KH].[KH].[KH]. The van der Waals surface area contributed by atoms with Crippen LogP contribution in [0.15, 0.2) is 0 Å². The second-order valence-electron chi connectivity index (χ2n) is 0.806. The van der Waals surface area contributed by atoms with Gasteiger partial charge >= 0.3 is 162 Å². The van der Waals surface area contributed by atoms with Crippen LogP contribution in [0.5, 0.6) is 0 Å². The Balaban J connectivity index is -0.0000000417. The number of hydrogen-bond donors (Lipinski definition) is 3. The normalized spacial score (nSPS) is 7.89. The first-order valence-corrected chi connectivity index (χ1v) is 3.01. The third-order valence-electron chi connectivity index (χ3n) is 0.184. The van der Waals surface area contributed by atoms with Crippen molar-refractivity contribution in [2.75, 3.05) is 6.35 Å². The van der Waals surface area contributed by atoms with Crippen molar-refractivity contribution < 1.29 is 19.5 Å². The summed E-state index contributed by atoms with van der Waals surface area (Å²) >= 11 is 0. The topological polar surface area (TPSA) is 77.8 Å². The monoisotopic (exact) mass is 232 g/mol. The van der Waals surface area contributed by atoms with E-state index in [1.807, 2.05) is 0 Å². The van der Waals surface area contributed by atoms with Crippen LogP contribution in [0.2, 0.25) is 0 Å². The zero-order chi connectivity index (χ0) is 5.21. The Kier molecular flexibility index (Phi) is 34.2. The molecule has 0 unspecified atom stereocenters. The first-order chi connectivity index (χ1) is 2.56. The van der Waals surface area contributed by atoms with Crippen molar-refractivity contribution >= 4 is 162 Å². The number of rotatable bonds is 1. The summed E-state index contributed by atoms with van der Waals surface area (Å²) in [6.45, 7) is 0. The molecule has 0 rings (SSSR count). The summed E-state index contributed by atoms with van der Waals surface area (Å²) in [4.78, 5) is 15.4. The quantitative estimate of drug-likeness (QED) is 0.336. The van der Waals surface area contributed by atoms with Gasteiger partial charge in [-0.25, -0.2) is 0 Å². The Morgan fingerprint density at radius 3 is 1.22 bits per heavy atom. The average Bonchev–Trinajstić information content (AvgIpc) is 1.35. The van der Waals surface area contributed by atoms with Crippen LogP contribution in [0.1, 0.15) is 0 Å². The van der Waals surface area contributed by atoms with Gasteiger partial charge in [-0.3, -0.25) is 4.57 Å². The molecule has 8 heteroatoms. The summed E-state index contributed by atoms with van der Waals surface area (Å²) in [5.74, 6) is 0. The van der Waals surface area contributed by atoms with E-state index in [1.165, 1.54) is 0 Å². The first-order valence-electron chi connectivity index (χ1n) is 1.22. The van der Waals surface area contributed by atoms with Gasteiger partial charge in [-0.2, -0.15) is 0 Å². The van der Waals surface area contributed by atoms with Gasteiger partial charge < -0.3 is 14.9 Å². The second kappa shape index (κ2) is 13.0. The molecule has 0 atom stereocenters. The van der Waals surface area contributed by atoms with Gasteiger partial charge in [0.1, 0.15) is 6.35 Å². The van der Waals surface area contributed by atoms with Crippen molar-refractivity contribution in [2.24, 2.45) is 0 Å². The predicted molar refractivity (Wildman–Crippen MR) is 40.6 cm³/mol. The van der Waals surface area contributed by atoms with Gasteiger partial charge in [-0.15, -0.1) is 0 Å². The fourth-order valence-electron chi connectivity index (χ4n) is 0. The Hall–Kier alpha value is 5.02. The van der Waals surface area contributed by atoms with Gasteiger partial charge in [0.05, 0.1) is 0 Å². The summed E-state index contributed by atoms with van der Waals surface area (Å²) in [5, 5.41) is 7.64. The molecule has 0 radical (unpaired) electrons. The van der Waals surface area contributed by atoms with E-state index in [0.29, 0.717) is 0 Å². The van der Waals surface area contributed by atoms with E-state index in [4.69, 9.17) is 14.9 Å². The van der Waals surface area contributed by atoms with E-state index in [1.54, 1.807) is 0 Å². The van der Waals surface area contributed by atoms with Crippen LogP contribution in [0.4, 0.5) is 0 Å². The average molecular weight is 232 g/mol. The molecule has 0 heterocycles. The van der Waals surface area contributed by atoms with Crippen LogP contribution >= 0.6 is 7.60 Å². The molecule has 4 nitrogen and oxygen atoms in total. The third-order valence-corrected chi connectivity index (χ3v) is 0.553. The van der Waals surface area contributed by atoms with Crippen LogP contribution in [0.25, 0.3) is 0 Å². The second-order valence-corrected chi connectivity index (χ2v) is 2.42. The summed E-state index contributed by atoms with van der Waals surface area (Å²) in [6.07, 6.45) is -1.06. The fourth-order valence-corrected chi connectivity index (χ4v) is 0. The molecule has 0 aromatic rings. The molecule has 0 aliphatic carbocycles. The van der Waals surface area contributed by atoms with Crippen molar-refractivity contribution in [1.29, 1.82) is 0 Å². The standard InChI is InChI=1S/CH5O4P.3K.3H/c2-1-6(3,4)5;;;;;;/h2H,1H2,(H2,3,4,5);;;;;;. The number of aliphatic hydroxyl groups excluding tert-OH is 1. The zero-order valence-electron chi connectivity index (χ0n) is 2.90. The van der Waals surface area contributed by atoms with E-state index in [-0.39, 0.29) is 154 Å². The van der Waals surface area contributed by atoms with Crippen molar-refractivity contribution in [3.05, 3.63) is 0 Å². The molecule has 44 valence electrons. The maximum atomic E-state index is 9.44. The van der Waals surface area contributed by atoms with E-state index in [2.05, 4.69) is 0 Å². The molecule has 0 saturated heterocycles. The molecule has 0 aliphatic rings. The fraction of sp³-hybridized carbons (Fsp3) is 1.00. The Morgan fingerprint density at radius 2 is 1.22 bits per heavy atom. The van der Waals surface area contributed by atoms with E-state index in [0.717, 1.165) is 0 Å². The minimum absolute atomic E-state index is 0.